The number of halogens is 1. The molecule has 0 atom stereocenters. The van der Waals surface area contributed by atoms with Crippen molar-refractivity contribution in [2.75, 3.05) is 10.2 Å². The second kappa shape index (κ2) is 8.69. The van der Waals surface area contributed by atoms with Crippen molar-refractivity contribution in [3.05, 3.63) is 78.5 Å². The molecule has 6 nitrogen and oxygen atoms in total. The molecule has 8 heteroatoms. The number of benzene rings is 2. The third kappa shape index (κ3) is 4.39. The van der Waals surface area contributed by atoms with Crippen molar-refractivity contribution in [2.24, 2.45) is 0 Å². The lowest BCUT2D eigenvalue weighted by molar-refractivity contribution is 0.307. The third-order valence-corrected chi connectivity index (χ3v) is 4.95. The quantitative estimate of drug-likeness (QED) is 0.393. The van der Waals surface area contributed by atoms with Crippen molar-refractivity contribution in [3.63, 3.8) is 0 Å². The molecule has 0 saturated heterocycles. The summed E-state index contributed by atoms with van der Waals surface area (Å²) in [6.45, 7) is 0.388. The molecule has 0 amide bonds. The number of nitrogens with one attached hydrogen (secondary N) is 2. The van der Waals surface area contributed by atoms with Crippen molar-refractivity contribution in [2.45, 2.75) is 6.61 Å². The van der Waals surface area contributed by atoms with E-state index in [1.54, 1.807) is 6.20 Å². The van der Waals surface area contributed by atoms with Crippen LogP contribution in [0.25, 0.3) is 10.6 Å². The molecule has 0 unspecified atom stereocenters. The van der Waals surface area contributed by atoms with E-state index in [4.69, 9.17) is 16.5 Å². The first-order valence-electron chi connectivity index (χ1n) is 8.51. The van der Waals surface area contributed by atoms with E-state index < -0.39 is 0 Å². The van der Waals surface area contributed by atoms with Crippen LogP contribution in [0.3, 0.4) is 0 Å². The molecule has 0 aliphatic heterocycles. The van der Waals surface area contributed by atoms with Crippen LogP contribution in [0.4, 0.5) is 16.6 Å². The van der Waals surface area contributed by atoms with Gasteiger partial charge in [0, 0.05) is 23.7 Å². The van der Waals surface area contributed by atoms with E-state index in [0.29, 0.717) is 12.4 Å². The Morgan fingerprint density at radius 3 is 2.64 bits per heavy atom. The number of nitrogens with zero attached hydrogens (tertiary/aromatic N) is 3. The maximum Gasteiger partial charge on any atom is 0.210 e. The third-order valence-electron chi connectivity index (χ3n) is 3.88. The molecule has 2 aromatic carbocycles. The summed E-state index contributed by atoms with van der Waals surface area (Å²) in [6, 6.07) is 21.4. The van der Waals surface area contributed by atoms with E-state index in [0.717, 1.165) is 32.7 Å². The molecule has 0 saturated carbocycles. The largest absolute Gasteiger partial charge is 0.488 e. The Balaban J connectivity index is 1.51. The van der Waals surface area contributed by atoms with Crippen LogP contribution in [0, 0.1) is 0 Å². The highest BCUT2D eigenvalue weighted by molar-refractivity contribution is 7.18. The molecule has 140 valence electrons. The summed E-state index contributed by atoms with van der Waals surface area (Å²) < 4.78 is 6.02. The fraction of sp³-hybridized carbons (Fsp3) is 0.0500. The topological polar surface area (TPSA) is 72.0 Å². The lowest BCUT2D eigenvalue weighted by atomic mass is 10.2. The highest BCUT2D eigenvalue weighted by atomic mass is 35.5. The molecule has 2 aromatic heterocycles. The minimum atomic E-state index is 0.388. The summed E-state index contributed by atoms with van der Waals surface area (Å²) >= 11 is 7.08. The average Bonchev–Trinajstić information content (AvgIpc) is 3.21. The number of hydrogen-bond acceptors (Lipinski definition) is 7. The smallest absolute Gasteiger partial charge is 0.210 e. The number of hydrogen-bond donors (Lipinski definition) is 2. The highest BCUT2D eigenvalue weighted by Gasteiger charge is 2.12. The molecule has 0 bridgehead atoms. The number of pyridine rings is 1. The van der Waals surface area contributed by atoms with Gasteiger partial charge in [-0.15, -0.1) is 10.2 Å². The molecule has 0 aliphatic carbocycles. The van der Waals surface area contributed by atoms with Gasteiger partial charge in [0.2, 0.25) is 5.13 Å². The first-order chi connectivity index (χ1) is 13.8. The number of anilines is 3. The van der Waals surface area contributed by atoms with E-state index in [-0.39, 0.29) is 0 Å². The average molecular weight is 410 g/mol. The van der Waals surface area contributed by atoms with Gasteiger partial charge in [0.05, 0.1) is 5.56 Å². The fourth-order valence-electron chi connectivity index (χ4n) is 2.57. The Morgan fingerprint density at radius 1 is 0.964 bits per heavy atom. The van der Waals surface area contributed by atoms with Crippen LogP contribution in [0.15, 0.2) is 72.9 Å². The van der Waals surface area contributed by atoms with Crippen molar-refractivity contribution >= 4 is 39.8 Å². The van der Waals surface area contributed by atoms with Crippen LogP contribution in [0.1, 0.15) is 5.56 Å². The normalized spacial score (nSPS) is 10.5. The minimum Gasteiger partial charge on any atom is -0.488 e. The zero-order chi connectivity index (χ0) is 19.2. The molecule has 28 heavy (non-hydrogen) atoms. The van der Waals surface area contributed by atoms with Crippen LogP contribution in [0.5, 0.6) is 5.75 Å². The number of aromatic nitrogens is 3. The van der Waals surface area contributed by atoms with Gasteiger partial charge >= 0.3 is 0 Å². The predicted octanol–water partition coefficient (Wildman–Crippen LogP) is 5.49. The Hall–Kier alpha value is -3.16. The van der Waals surface area contributed by atoms with Gasteiger partial charge in [-0.2, -0.15) is 0 Å². The highest BCUT2D eigenvalue weighted by Crippen LogP contribution is 2.34. The Kier molecular flexibility index (Phi) is 5.65. The molecule has 0 spiro atoms. The number of ether oxygens (including phenoxy) is 1. The lowest BCUT2D eigenvalue weighted by Crippen LogP contribution is -1.98. The van der Waals surface area contributed by atoms with Crippen LogP contribution in [-0.4, -0.2) is 15.2 Å². The second-order valence-electron chi connectivity index (χ2n) is 5.83. The molecule has 2 N–H and O–H groups in total. The second-order valence-corrected chi connectivity index (χ2v) is 7.00. The molecule has 0 fully saturated rings. The first kappa shape index (κ1) is 18.2. The van der Waals surface area contributed by atoms with E-state index in [1.165, 1.54) is 11.3 Å². The maximum atomic E-state index is 6.02. The Bertz CT molecular complexity index is 1060. The van der Waals surface area contributed by atoms with Gasteiger partial charge in [-0.25, -0.2) is 4.98 Å². The Labute approximate surface area is 171 Å². The van der Waals surface area contributed by atoms with Crippen LogP contribution in [-0.2, 0) is 6.61 Å². The van der Waals surface area contributed by atoms with E-state index in [1.807, 2.05) is 66.7 Å². The van der Waals surface area contributed by atoms with Gasteiger partial charge in [0.25, 0.3) is 0 Å². The van der Waals surface area contributed by atoms with Gasteiger partial charge in [0.1, 0.15) is 18.2 Å². The molecular weight excluding hydrogens is 394 g/mol. The van der Waals surface area contributed by atoms with Gasteiger partial charge in [-0.05, 0) is 42.0 Å². The monoisotopic (exact) mass is 409 g/mol. The Morgan fingerprint density at radius 2 is 1.79 bits per heavy atom. The summed E-state index contributed by atoms with van der Waals surface area (Å²) in [7, 11) is 0. The van der Waals surface area contributed by atoms with Crippen LogP contribution < -0.4 is 14.9 Å². The molecular formula is C20H16ClN5OS. The fourth-order valence-corrected chi connectivity index (χ4v) is 3.47. The molecule has 4 rings (SSSR count). The van der Waals surface area contributed by atoms with Crippen molar-refractivity contribution in [1.82, 2.24) is 15.2 Å². The van der Waals surface area contributed by atoms with Gasteiger partial charge in [-0.1, -0.05) is 41.7 Å². The molecule has 4 aromatic rings. The van der Waals surface area contributed by atoms with E-state index in [9.17, 15) is 0 Å². The van der Waals surface area contributed by atoms with E-state index >= 15 is 0 Å². The lowest BCUT2D eigenvalue weighted by Gasteiger charge is -2.10. The molecule has 0 aliphatic rings. The van der Waals surface area contributed by atoms with Crippen LogP contribution in [0.2, 0.25) is 0 Å². The van der Waals surface area contributed by atoms with Gasteiger partial charge in [-0.3, -0.25) is 4.84 Å². The summed E-state index contributed by atoms with van der Waals surface area (Å²) in [5, 5.41) is 13.3. The maximum absolute atomic E-state index is 6.02. The number of para-hydroxylation sites is 2. The number of rotatable bonds is 7. The first-order valence-corrected chi connectivity index (χ1v) is 9.70. The standard InChI is InChI=1S/C20H16ClN5OS/c21-24-18-12-14(10-11-22-18)13-27-17-9-5-4-8-16(17)19-25-26-20(28-19)23-15-6-2-1-3-7-15/h1-12H,13H2,(H,22,24)(H,23,26). The molecule has 0 radical (unpaired) electrons. The zero-order valence-electron chi connectivity index (χ0n) is 14.7. The summed E-state index contributed by atoms with van der Waals surface area (Å²) in [5.41, 5.74) is 2.82. The predicted molar refractivity (Wildman–Crippen MR) is 113 cm³/mol. The van der Waals surface area contributed by atoms with Gasteiger partial charge in [0.15, 0.2) is 5.01 Å². The zero-order valence-corrected chi connectivity index (χ0v) is 16.2. The van der Waals surface area contributed by atoms with Crippen LogP contribution >= 0.6 is 23.1 Å². The van der Waals surface area contributed by atoms with Gasteiger partial charge < -0.3 is 10.1 Å². The minimum absolute atomic E-state index is 0.388. The van der Waals surface area contributed by atoms with E-state index in [2.05, 4.69) is 25.3 Å². The summed E-state index contributed by atoms with van der Waals surface area (Å²) in [5.74, 6) is 1.32. The van der Waals surface area contributed by atoms with Crippen molar-refractivity contribution in [3.8, 4) is 16.3 Å². The summed E-state index contributed by atoms with van der Waals surface area (Å²) in [6.07, 6.45) is 1.68. The molecule has 2 heterocycles. The summed E-state index contributed by atoms with van der Waals surface area (Å²) in [4.78, 5) is 6.60. The van der Waals surface area contributed by atoms with Crippen molar-refractivity contribution < 1.29 is 4.74 Å². The SMILES string of the molecule is ClNc1cc(COc2ccccc2-c2nnc(Nc3ccccc3)s2)ccn1. The van der Waals surface area contributed by atoms with Crippen molar-refractivity contribution in [1.29, 1.82) is 0 Å².